The lowest BCUT2D eigenvalue weighted by atomic mass is 10.2. The Labute approximate surface area is 151 Å². The number of nitrogens with one attached hydrogen (secondary N) is 2. The SMILES string of the molecule is CNC(=O)c1ccc(NC(=O)/C=C/c2ccc(CCC(=O)OC)o2)cc1. The Balaban J connectivity index is 1.88. The van der Waals surface area contributed by atoms with E-state index < -0.39 is 0 Å². The molecule has 0 bridgehead atoms. The van der Waals surface area contributed by atoms with E-state index in [-0.39, 0.29) is 24.2 Å². The summed E-state index contributed by atoms with van der Waals surface area (Å²) in [5.74, 6) is 0.323. The zero-order chi connectivity index (χ0) is 18.9. The van der Waals surface area contributed by atoms with Gasteiger partial charge in [-0.2, -0.15) is 0 Å². The zero-order valence-electron chi connectivity index (χ0n) is 14.6. The molecule has 0 aliphatic carbocycles. The molecule has 0 saturated heterocycles. The van der Waals surface area contributed by atoms with Gasteiger partial charge in [0, 0.05) is 30.8 Å². The molecule has 0 atom stereocenters. The molecule has 0 fully saturated rings. The molecule has 0 aliphatic heterocycles. The number of hydrogen-bond acceptors (Lipinski definition) is 5. The monoisotopic (exact) mass is 356 g/mol. The number of aryl methyl sites for hydroxylation is 1. The normalized spacial score (nSPS) is 10.5. The molecule has 2 aromatic rings. The number of benzene rings is 1. The van der Waals surface area contributed by atoms with Crippen molar-refractivity contribution in [2.45, 2.75) is 12.8 Å². The van der Waals surface area contributed by atoms with Gasteiger partial charge in [-0.15, -0.1) is 0 Å². The summed E-state index contributed by atoms with van der Waals surface area (Å²) in [6.07, 6.45) is 3.55. The lowest BCUT2D eigenvalue weighted by molar-refractivity contribution is -0.140. The van der Waals surface area contributed by atoms with Gasteiger partial charge in [0.05, 0.1) is 13.5 Å². The van der Waals surface area contributed by atoms with Gasteiger partial charge in [0.25, 0.3) is 5.91 Å². The summed E-state index contributed by atoms with van der Waals surface area (Å²) in [4.78, 5) is 34.5. The fourth-order valence-corrected chi connectivity index (χ4v) is 2.14. The smallest absolute Gasteiger partial charge is 0.305 e. The number of anilines is 1. The van der Waals surface area contributed by atoms with E-state index in [2.05, 4.69) is 15.4 Å². The van der Waals surface area contributed by atoms with Crippen LogP contribution in [0.2, 0.25) is 0 Å². The first kappa shape index (κ1) is 19.0. The highest BCUT2D eigenvalue weighted by molar-refractivity contribution is 6.02. The quantitative estimate of drug-likeness (QED) is 0.586. The van der Waals surface area contributed by atoms with Crippen LogP contribution in [0.1, 0.15) is 28.3 Å². The van der Waals surface area contributed by atoms with Crippen molar-refractivity contribution in [2.24, 2.45) is 0 Å². The standard InChI is InChI=1S/C19H20N2O5/c1-20-19(24)13-3-5-14(6-4-13)21-17(22)11-9-15-7-8-16(26-15)10-12-18(23)25-2/h3-9,11H,10,12H2,1-2H3,(H,20,24)(H,21,22)/b11-9+. The molecular formula is C19H20N2O5. The maximum atomic E-state index is 11.9. The first-order valence-corrected chi connectivity index (χ1v) is 7.98. The molecule has 0 radical (unpaired) electrons. The highest BCUT2D eigenvalue weighted by Gasteiger charge is 2.06. The summed E-state index contributed by atoms with van der Waals surface area (Å²) in [6, 6.07) is 10.0. The molecule has 0 unspecified atom stereocenters. The zero-order valence-corrected chi connectivity index (χ0v) is 14.6. The summed E-state index contributed by atoms with van der Waals surface area (Å²) >= 11 is 0. The second-order valence-corrected chi connectivity index (χ2v) is 5.36. The van der Waals surface area contributed by atoms with Crippen molar-refractivity contribution in [1.29, 1.82) is 0 Å². The summed E-state index contributed by atoms with van der Waals surface area (Å²) in [5, 5.41) is 5.22. The van der Waals surface area contributed by atoms with E-state index in [1.54, 1.807) is 43.4 Å². The van der Waals surface area contributed by atoms with Crippen molar-refractivity contribution < 1.29 is 23.5 Å². The van der Waals surface area contributed by atoms with Crippen LogP contribution in [0.5, 0.6) is 0 Å². The van der Waals surface area contributed by atoms with Crippen LogP contribution >= 0.6 is 0 Å². The highest BCUT2D eigenvalue weighted by atomic mass is 16.5. The molecule has 2 amide bonds. The van der Waals surface area contributed by atoms with E-state index in [4.69, 9.17) is 4.42 Å². The molecular weight excluding hydrogens is 336 g/mol. The van der Waals surface area contributed by atoms with E-state index in [0.717, 1.165) is 0 Å². The van der Waals surface area contributed by atoms with Crippen LogP contribution in [-0.4, -0.2) is 31.9 Å². The molecule has 1 aromatic heterocycles. The number of hydrogen-bond donors (Lipinski definition) is 2. The van der Waals surface area contributed by atoms with Gasteiger partial charge in [0.2, 0.25) is 5.91 Å². The Morgan fingerprint density at radius 2 is 1.85 bits per heavy atom. The fraction of sp³-hybridized carbons (Fsp3) is 0.211. The summed E-state index contributed by atoms with van der Waals surface area (Å²) in [7, 11) is 2.89. The molecule has 2 rings (SSSR count). The van der Waals surface area contributed by atoms with E-state index in [0.29, 0.717) is 29.2 Å². The number of carbonyl (C=O) groups is 3. The molecule has 136 valence electrons. The van der Waals surface area contributed by atoms with E-state index in [1.165, 1.54) is 19.3 Å². The van der Waals surface area contributed by atoms with Crippen LogP contribution < -0.4 is 10.6 Å². The Hall–Kier alpha value is -3.35. The maximum absolute atomic E-state index is 11.9. The minimum atomic E-state index is -0.329. The predicted molar refractivity (Wildman–Crippen MR) is 96.5 cm³/mol. The third-order valence-electron chi connectivity index (χ3n) is 3.53. The topological polar surface area (TPSA) is 97.6 Å². The van der Waals surface area contributed by atoms with Crippen molar-refractivity contribution >= 4 is 29.5 Å². The Morgan fingerprint density at radius 1 is 1.12 bits per heavy atom. The van der Waals surface area contributed by atoms with E-state index in [9.17, 15) is 14.4 Å². The average Bonchev–Trinajstić information content (AvgIpc) is 3.12. The van der Waals surface area contributed by atoms with Crippen LogP contribution in [0.3, 0.4) is 0 Å². The second-order valence-electron chi connectivity index (χ2n) is 5.36. The first-order valence-electron chi connectivity index (χ1n) is 7.98. The fourth-order valence-electron chi connectivity index (χ4n) is 2.14. The maximum Gasteiger partial charge on any atom is 0.305 e. The number of rotatable bonds is 7. The van der Waals surface area contributed by atoms with Crippen molar-refractivity contribution in [3.8, 4) is 0 Å². The lowest BCUT2D eigenvalue weighted by Crippen LogP contribution is -2.17. The summed E-state index contributed by atoms with van der Waals surface area (Å²) in [6.45, 7) is 0. The Morgan fingerprint density at radius 3 is 2.50 bits per heavy atom. The predicted octanol–water partition coefficient (Wildman–Crippen LogP) is 2.40. The molecule has 0 aliphatic rings. The van der Waals surface area contributed by atoms with Gasteiger partial charge in [-0.1, -0.05) is 0 Å². The lowest BCUT2D eigenvalue weighted by Gasteiger charge is -2.03. The number of amides is 2. The first-order chi connectivity index (χ1) is 12.5. The third kappa shape index (κ3) is 5.62. The minimum Gasteiger partial charge on any atom is -0.469 e. The number of carbonyl (C=O) groups excluding carboxylic acids is 3. The van der Waals surface area contributed by atoms with Gasteiger partial charge in [0.15, 0.2) is 0 Å². The van der Waals surface area contributed by atoms with Gasteiger partial charge >= 0.3 is 5.97 Å². The van der Waals surface area contributed by atoms with Crippen molar-refractivity contribution in [1.82, 2.24) is 5.32 Å². The Bertz CT molecular complexity index is 806. The van der Waals surface area contributed by atoms with Crippen molar-refractivity contribution in [3.63, 3.8) is 0 Å². The molecule has 7 heteroatoms. The van der Waals surface area contributed by atoms with Crippen molar-refractivity contribution in [3.05, 3.63) is 59.6 Å². The van der Waals surface area contributed by atoms with Crippen LogP contribution in [-0.2, 0) is 20.7 Å². The molecule has 1 aromatic carbocycles. The highest BCUT2D eigenvalue weighted by Crippen LogP contribution is 2.13. The largest absolute Gasteiger partial charge is 0.469 e. The van der Waals surface area contributed by atoms with Gasteiger partial charge in [-0.25, -0.2) is 0 Å². The molecule has 1 heterocycles. The molecule has 0 saturated carbocycles. The van der Waals surface area contributed by atoms with Crippen LogP contribution in [0, 0.1) is 0 Å². The Kier molecular flexibility index (Phi) is 6.73. The van der Waals surface area contributed by atoms with Gasteiger partial charge in [0.1, 0.15) is 11.5 Å². The van der Waals surface area contributed by atoms with Crippen molar-refractivity contribution in [2.75, 3.05) is 19.5 Å². The summed E-state index contributed by atoms with van der Waals surface area (Å²) < 4.78 is 10.1. The van der Waals surface area contributed by atoms with Crippen LogP contribution in [0.25, 0.3) is 6.08 Å². The second kappa shape index (κ2) is 9.22. The molecule has 7 nitrogen and oxygen atoms in total. The molecule has 0 spiro atoms. The number of furan rings is 1. The van der Waals surface area contributed by atoms with Crippen LogP contribution in [0.15, 0.2) is 46.9 Å². The number of esters is 1. The molecule has 2 N–H and O–H groups in total. The van der Waals surface area contributed by atoms with E-state index in [1.807, 2.05) is 0 Å². The third-order valence-corrected chi connectivity index (χ3v) is 3.53. The minimum absolute atomic E-state index is 0.191. The number of methoxy groups -OCH3 is 1. The van der Waals surface area contributed by atoms with E-state index >= 15 is 0 Å². The van der Waals surface area contributed by atoms with Gasteiger partial charge < -0.3 is 19.8 Å². The average molecular weight is 356 g/mol. The van der Waals surface area contributed by atoms with Gasteiger partial charge in [-0.3, -0.25) is 14.4 Å². The van der Waals surface area contributed by atoms with Gasteiger partial charge in [-0.05, 0) is 42.5 Å². The van der Waals surface area contributed by atoms with Crippen LogP contribution in [0.4, 0.5) is 5.69 Å². The number of ether oxygens (including phenoxy) is 1. The summed E-state index contributed by atoms with van der Waals surface area (Å²) in [5.41, 5.74) is 1.08. The molecule has 26 heavy (non-hydrogen) atoms.